The van der Waals surface area contributed by atoms with E-state index in [4.69, 9.17) is 5.11 Å². The molecule has 1 unspecified atom stereocenters. The second-order valence-electron chi connectivity index (χ2n) is 6.75. The van der Waals surface area contributed by atoms with E-state index >= 15 is 0 Å². The van der Waals surface area contributed by atoms with Gasteiger partial charge in [0.2, 0.25) is 11.9 Å². The number of carbonyl (C=O) groups excluding carboxylic acids is 1. The molecule has 0 bridgehead atoms. The molecule has 29 heavy (non-hydrogen) atoms. The number of H-pyrrole nitrogens is 2. The molecule has 1 aliphatic carbocycles. The number of nitro groups is 1. The van der Waals surface area contributed by atoms with Gasteiger partial charge < -0.3 is 25.3 Å². The summed E-state index contributed by atoms with van der Waals surface area (Å²) < 4.78 is 0. The van der Waals surface area contributed by atoms with Crippen LogP contribution < -0.4 is 16.4 Å². The molecule has 1 amide bonds. The average Bonchev–Trinajstić information content (AvgIpc) is 2.65. The molecule has 0 saturated carbocycles. The van der Waals surface area contributed by atoms with E-state index in [0.717, 1.165) is 0 Å². The molecule has 1 aromatic heterocycles. The Balaban J connectivity index is 1.80. The maximum atomic E-state index is 12.1. The Morgan fingerprint density at radius 2 is 2.03 bits per heavy atom. The Labute approximate surface area is 163 Å². The summed E-state index contributed by atoms with van der Waals surface area (Å²) in [5.74, 6) is -1.28. The molecule has 3 rings (SSSR count). The Kier molecular flexibility index (Phi) is 5.61. The summed E-state index contributed by atoms with van der Waals surface area (Å²) in [6.45, 7) is 0.429. The number of carboxylic acid groups (broad SMARTS) is 1. The lowest BCUT2D eigenvalue weighted by Gasteiger charge is -2.30. The number of aromatic nitrogens is 2. The van der Waals surface area contributed by atoms with E-state index < -0.39 is 28.1 Å². The first kappa shape index (κ1) is 20.0. The number of aliphatic carboxylic acids is 1. The summed E-state index contributed by atoms with van der Waals surface area (Å²) in [6, 6.07) is -1.07. The van der Waals surface area contributed by atoms with Crippen LogP contribution >= 0.6 is 0 Å². The van der Waals surface area contributed by atoms with E-state index in [2.05, 4.69) is 15.3 Å². The normalized spacial score (nSPS) is 17.5. The van der Waals surface area contributed by atoms with Crippen molar-refractivity contribution in [1.82, 2.24) is 20.2 Å². The van der Waals surface area contributed by atoms with Gasteiger partial charge in [0.25, 0.3) is 0 Å². The highest BCUT2D eigenvalue weighted by Gasteiger charge is 2.38. The van der Waals surface area contributed by atoms with E-state index in [0.29, 0.717) is 23.3 Å². The molecule has 1 aromatic rings. The van der Waals surface area contributed by atoms with Gasteiger partial charge in [0, 0.05) is 47.5 Å². The lowest BCUT2D eigenvalue weighted by molar-refractivity contribution is -0.511. The van der Waals surface area contributed by atoms with Gasteiger partial charge in [-0.15, -0.1) is 0 Å². The lowest BCUT2D eigenvalue weighted by atomic mass is 9.84. The summed E-state index contributed by atoms with van der Waals surface area (Å²) in [5, 5.41) is 22.7. The molecule has 1 aliphatic heterocycles. The lowest BCUT2D eigenvalue weighted by Crippen LogP contribution is -2.41. The van der Waals surface area contributed by atoms with Crippen LogP contribution in [0.25, 0.3) is 5.57 Å². The Morgan fingerprint density at radius 3 is 2.72 bits per heavy atom. The number of aromatic amines is 2. The second kappa shape index (κ2) is 8.12. The van der Waals surface area contributed by atoms with E-state index in [1.165, 1.54) is 0 Å². The second-order valence-corrected chi connectivity index (χ2v) is 6.75. The molecule has 2 aliphatic rings. The van der Waals surface area contributed by atoms with Crippen LogP contribution in [0.5, 0.6) is 0 Å². The summed E-state index contributed by atoms with van der Waals surface area (Å²) >= 11 is 0. The number of carboxylic acids is 1. The molecule has 1 atom stereocenters. The number of amides is 1. The minimum atomic E-state index is -1.07. The predicted octanol–water partition coefficient (Wildman–Crippen LogP) is -1.17. The number of hydrogen-bond donors (Lipinski definition) is 4. The Morgan fingerprint density at radius 1 is 1.31 bits per heavy atom. The third kappa shape index (κ3) is 4.42. The molecule has 12 heteroatoms. The van der Waals surface area contributed by atoms with Crippen molar-refractivity contribution in [3.05, 3.63) is 60.1 Å². The van der Waals surface area contributed by atoms with Gasteiger partial charge >= 0.3 is 17.1 Å². The van der Waals surface area contributed by atoms with Crippen molar-refractivity contribution < 1.29 is 19.6 Å². The molecule has 12 nitrogen and oxygen atoms in total. The number of nitrogens with zero attached hydrogens (tertiary/aromatic N) is 2. The van der Waals surface area contributed by atoms with Crippen LogP contribution in [-0.2, 0) is 16.0 Å². The fourth-order valence-electron chi connectivity index (χ4n) is 3.35. The van der Waals surface area contributed by atoms with Gasteiger partial charge in [0.05, 0.1) is 18.7 Å². The Bertz CT molecular complexity index is 1040. The largest absolute Gasteiger partial charge is 0.481 e. The minimum Gasteiger partial charge on any atom is -0.481 e. The number of nitrogens with one attached hydrogen (secondary N) is 3. The molecule has 4 N–H and O–H groups in total. The first-order valence-corrected chi connectivity index (χ1v) is 8.90. The van der Waals surface area contributed by atoms with Gasteiger partial charge in [-0.25, -0.2) is 0 Å². The smallest absolute Gasteiger partial charge is 0.314 e. The van der Waals surface area contributed by atoms with Crippen molar-refractivity contribution in [3.8, 4) is 0 Å². The van der Waals surface area contributed by atoms with Gasteiger partial charge in [-0.3, -0.25) is 29.3 Å². The van der Waals surface area contributed by atoms with Crippen molar-refractivity contribution in [2.75, 3.05) is 19.6 Å². The van der Waals surface area contributed by atoms with E-state index in [9.17, 15) is 29.3 Å². The van der Waals surface area contributed by atoms with E-state index in [1.807, 2.05) is 0 Å². The van der Waals surface area contributed by atoms with Gasteiger partial charge in [-0.05, 0) is 6.42 Å². The summed E-state index contributed by atoms with van der Waals surface area (Å²) in [6.07, 6.45) is 3.38. The monoisotopic (exact) mass is 405 g/mol. The van der Waals surface area contributed by atoms with Crippen molar-refractivity contribution in [3.63, 3.8) is 0 Å². The number of fused-ring (bicyclic) bond motifs is 3. The van der Waals surface area contributed by atoms with Crippen molar-refractivity contribution in [2.24, 2.45) is 0 Å². The quantitative estimate of drug-likeness (QED) is 0.190. The first-order chi connectivity index (χ1) is 13.8. The number of carbonyl (C=O) groups is 2. The first-order valence-electron chi connectivity index (χ1n) is 8.90. The summed E-state index contributed by atoms with van der Waals surface area (Å²) in [7, 11) is 0. The van der Waals surface area contributed by atoms with Gasteiger partial charge in [0.1, 0.15) is 0 Å². The highest BCUT2D eigenvalue weighted by Crippen LogP contribution is 2.35. The Hall–Kier alpha value is -3.70. The number of rotatable bonds is 7. The summed E-state index contributed by atoms with van der Waals surface area (Å²) in [5.41, 5.74) is -0.385. The highest BCUT2D eigenvalue weighted by atomic mass is 16.6. The maximum absolute atomic E-state index is 12.1. The third-order valence-electron chi connectivity index (χ3n) is 4.70. The average molecular weight is 405 g/mol. The summed E-state index contributed by atoms with van der Waals surface area (Å²) in [4.78, 5) is 63.4. The molecular formula is C17H19N5O7. The molecule has 0 saturated heterocycles. The third-order valence-corrected chi connectivity index (χ3v) is 4.70. The molecule has 0 radical (unpaired) electrons. The van der Waals surface area contributed by atoms with Gasteiger partial charge in [-0.1, -0.05) is 6.08 Å². The van der Waals surface area contributed by atoms with Crippen LogP contribution in [0.1, 0.15) is 24.2 Å². The molecule has 2 heterocycles. The van der Waals surface area contributed by atoms with Crippen LogP contribution in [0.15, 0.2) is 27.4 Å². The van der Waals surface area contributed by atoms with Crippen LogP contribution in [0.2, 0.25) is 0 Å². The predicted molar refractivity (Wildman–Crippen MR) is 99.7 cm³/mol. The van der Waals surface area contributed by atoms with E-state index in [1.54, 1.807) is 17.2 Å². The minimum absolute atomic E-state index is 0.0492. The number of hydrogen-bond acceptors (Lipinski definition) is 7. The topological polar surface area (TPSA) is 178 Å². The molecule has 0 fully saturated rings. The zero-order valence-corrected chi connectivity index (χ0v) is 15.3. The highest BCUT2D eigenvalue weighted by molar-refractivity contribution is 5.83. The van der Waals surface area contributed by atoms with Crippen molar-refractivity contribution in [1.29, 1.82) is 0 Å². The zero-order chi connectivity index (χ0) is 21.1. The van der Waals surface area contributed by atoms with Gasteiger partial charge in [0.15, 0.2) is 0 Å². The fraction of sp³-hybridized carbons (Fsp3) is 0.412. The van der Waals surface area contributed by atoms with Gasteiger partial charge in [-0.2, -0.15) is 0 Å². The van der Waals surface area contributed by atoms with Crippen molar-refractivity contribution in [2.45, 2.75) is 25.3 Å². The van der Waals surface area contributed by atoms with Crippen LogP contribution in [-0.4, -0.2) is 62.5 Å². The molecule has 0 aromatic carbocycles. The zero-order valence-electron chi connectivity index (χ0n) is 15.3. The van der Waals surface area contributed by atoms with Crippen LogP contribution in [0.3, 0.4) is 0 Å². The standard InChI is InChI=1S/C17H19N5O7/c23-13(18-4-1-2-14(24)25)8-21-5-3-9-10(7-21)15-11(6-12(9)22(28)29)19-16(26)17(27)20-15/h3,7,12H,1-2,4-6,8H2,(H,18,23)(H,19,26)(H,20,27)(H,24,25). The van der Waals surface area contributed by atoms with E-state index in [-0.39, 0.29) is 44.1 Å². The molecule has 154 valence electrons. The fourth-order valence-corrected chi connectivity index (χ4v) is 3.35. The molecular weight excluding hydrogens is 386 g/mol. The SMILES string of the molecule is O=C(O)CCCNC(=O)CN1C=C2C(=CC1)C([N+](=O)[O-])Cc1[nH]c(=O)c(=O)[nH]c12. The molecule has 0 spiro atoms. The maximum Gasteiger partial charge on any atom is 0.314 e. The van der Waals surface area contributed by atoms with Crippen molar-refractivity contribution >= 4 is 17.4 Å². The van der Waals surface area contributed by atoms with Crippen LogP contribution in [0, 0.1) is 10.1 Å². The van der Waals surface area contributed by atoms with Crippen LogP contribution in [0.4, 0.5) is 0 Å².